The van der Waals surface area contributed by atoms with Gasteiger partial charge < -0.3 is 11.1 Å². The molecule has 0 radical (unpaired) electrons. The number of hydrogen-bond acceptors (Lipinski definition) is 5. The van der Waals surface area contributed by atoms with E-state index in [1.54, 1.807) is 12.1 Å². The summed E-state index contributed by atoms with van der Waals surface area (Å²) in [6, 6.07) is 7.35. The van der Waals surface area contributed by atoms with Crippen LogP contribution in [0.4, 0.5) is 5.69 Å². The van der Waals surface area contributed by atoms with Crippen molar-refractivity contribution in [3.63, 3.8) is 0 Å². The van der Waals surface area contributed by atoms with Crippen LogP contribution in [0, 0.1) is 0 Å². The number of nitrogen functional groups attached to an aromatic ring is 1. The van der Waals surface area contributed by atoms with Gasteiger partial charge in [-0.15, -0.1) is 5.10 Å². The van der Waals surface area contributed by atoms with Crippen LogP contribution < -0.4 is 11.1 Å². The lowest BCUT2D eigenvalue weighted by molar-refractivity contribution is 0.0955. The smallest absolute Gasteiger partial charge is 0.264 e. The summed E-state index contributed by atoms with van der Waals surface area (Å²) in [7, 11) is 0. The number of hydrogen-bond donors (Lipinski definition) is 2. The maximum Gasteiger partial charge on any atom is 0.264 e. The quantitative estimate of drug-likeness (QED) is 0.778. The topological polar surface area (TPSA) is 80.9 Å². The van der Waals surface area contributed by atoms with Crippen LogP contribution in [0.25, 0.3) is 0 Å². The Labute approximate surface area is 96.5 Å². The average molecular weight is 234 g/mol. The first-order chi connectivity index (χ1) is 7.75. The number of carbonyl (C=O) groups excluding carboxylic acids is 1. The molecule has 5 nitrogen and oxygen atoms in total. The fraction of sp³-hybridized carbons (Fsp3) is 0.100. The zero-order valence-corrected chi connectivity index (χ0v) is 9.20. The number of anilines is 1. The number of rotatable bonds is 3. The summed E-state index contributed by atoms with van der Waals surface area (Å²) in [5.74, 6) is -0.160. The van der Waals surface area contributed by atoms with Gasteiger partial charge in [0, 0.05) is 12.2 Å². The van der Waals surface area contributed by atoms with E-state index in [0.29, 0.717) is 17.1 Å². The zero-order valence-electron chi connectivity index (χ0n) is 8.38. The Morgan fingerprint density at radius 1 is 1.38 bits per heavy atom. The molecule has 0 aliphatic rings. The molecule has 1 aromatic carbocycles. The number of carbonyl (C=O) groups is 1. The van der Waals surface area contributed by atoms with Gasteiger partial charge in [0.05, 0.1) is 6.20 Å². The fourth-order valence-electron chi connectivity index (χ4n) is 1.17. The van der Waals surface area contributed by atoms with Crippen molar-refractivity contribution < 1.29 is 4.79 Å². The lowest BCUT2D eigenvalue weighted by Gasteiger charge is -2.03. The average Bonchev–Trinajstić information content (AvgIpc) is 2.81. The lowest BCUT2D eigenvalue weighted by Crippen LogP contribution is -2.21. The summed E-state index contributed by atoms with van der Waals surface area (Å²) in [5, 5.41) is 6.37. The third kappa shape index (κ3) is 2.54. The Kier molecular flexibility index (Phi) is 3.11. The standard InChI is InChI=1S/C10H10N4OS/c11-8-3-1-7(2-4-8)5-12-10(15)9-6-13-14-16-9/h1-4,6H,5,11H2,(H,12,15). The van der Waals surface area contributed by atoms with E-state index in [-0.39, 0.29) is 5.91 Å². The van der Waals surface area contributed by atoms with E-state index in [2.05, 4.69) is 14.9 Å². The number of nitrogens with one attached hydrogen (secondary N) is 1. The third-order valence-corrected chi connectivity index (χ3v) is 2.68. The van der Waals surface area contributed by atoms with Crippen LogP contribution in [0.1, 0.15) is 15.2 Å². The van der Waals surface area contributed by atoms with E-state index in [1.165, 1.54) is 6.20 Å². The molecular weight excluding hydrogens is 224 g/mol. The Bertz CT molecular complexity index is 466. The first-order valence-corrected chi connectivity index (χ1v) is 5.43. The number of benzene rings is 1. The lowest BCUT2D eigenvalue weighted by atomic mass is 10.2. The van der Waals surface area contributed by atoms with Crippen molar-refractivity contribution in [2.45, 2.75) is 6.54 Å². The predicted molar refractivity (Wildman–Crippen MR) is 61.9 cm³/mol. The molecule has 0 spiro atoms. The number of amides is 1. The maximum atomic E-state index is 11.5. The van der Waals surface area contributed by atoms with Crippen LogP contribution in [0.2, 0.25) is 0 Å². The van der Waals surface area contributed by atoms with E-state index in [4.69, 9.17) is 5.73 Å². The van der Waals surface area contributed by atoms with Crippen molar-refractivity contribution in [3.8, 4) is 0 Å². The number of nitrogens with zero attached hydrogens (tertiary/aromatic N) is 2. The minimum atomic E-state index is -0.160. The second kappa shape index (κ2) is 4.71. The van der Waals surface area contributed by atoms with E-state index >= 15 is 0 Å². The van der Waals surface area contributed by atoms with E-state index in [0.717, 1.165) is 17.1 Å². The molecule has 16 heavy (non-hydrogen) atoms. The summed E-state index contributed by atoms with van der Waals surface area (Å²) >= 11 is 1.08. The van der Waals surface area contributed by atoms with Crippen molar-refractivity contribution in [1.29, 1.82) is 0 Å². The van der Waals surface area contributed by atoms with Crippen LogP contribution in [-0.4, -0.2) is 15.5 Å². The summed E-state index contributed by atoms with van der Waals surface area (Å²) in [5.41, 5.74) is 7.27. The van der Waals surface area contributed by atoms with E-state index < -0.39 is 0 Å². The molecule has 1 aromatic heterocycles. The number of aromatic nitrogens is 2. The summed E-state index contributed by atoms with van der Waals surface area (Å²) in [4.78, 5) is 12.1. The van der Waals surface area contributed by atoms with Crippen molar-refractivity contribution in [1.82, 2.24) is 14.9 Å². The fourth-order valence-corrected chi connectivity index (χ4v) is 1.60. The zero-order chi connectivity index (χ0) is 11.4. The molecule has 0 saturated heterocycles. The SMILES string of the molecule is Nc1ccc(CNC(=O)c2cnns2)cc1. The molecule has 82 valence electrons. The molecule has 0 aliphatic carbocycles. The minimum Gasteiger partial charge on any atom is -0.399 e. The molecule has 2 aromatic rings. The molecule has 6 heteroatoms. The van der Waals surface area contributed by atoms with Gasteiger partial charge in [-0.05, 0) is 29.2 Å². The normalized spacial score (nSPS) is 10.0. The van der Waals surface area contributed by atoms with Crippen molar-refractivity contribution in [2.24, 2.45) is 0 Å². The molecule has 0 unspecified atom stereocenters. The molecule has 0 saturated carbocycles. The van der Waals surface area contributed by atoms with Gasteiger partial charge >= 0.3 is 0 Å². The van der Waals surface area contributed by atoms with Gasteiger partial charge in [-0.2, -0.15) is 0 Å². The highest BCUT2D eigenvalue weighted by molar-refractivity contribution is 7.07. The van der Waals surface area contributed by atoms with Gasteiger partial charge in [-0.25, -0.2) is 0 Å². The molecule has 0 fully saturated rings. The van der Waals surface area contributed by atoms with E-state index in [9.17, 15) is 4.79 Å². The monoisotopic (exact) mass is 234 g/mol. The molecule has 0 bridgehead atoms. The summed E-state index contributed by atoms with van der Waals surface area (Å²) in [6.07, 6.45) is 1.45. The van der Waals surface area contributed by atoms with Crippen molar-refractivity contribution in [3.05, 3.63) is 40.9 Å². The molecule has 1 heterocycles. The molecule has 2 rings (SSSR count). The minimum absolute atomic E-state index is 0.160. The Hall–Kier alpha value is -1.95. The molecule has 1 amide bonds. The number of nitrogens with two attached hydrogens (primary N) is 1. The third-order valence-electron chi connectivity index (χ3n) is 2.02. The predicted octanol–water partition coefficient (Wildman–Crippen LogP) is 1.05. The van der Waals surface area contributed by atoms with Crippen LogP contribution in [0.3, 0.4) is 0 Å². The second-order valence-corrected chi connectivity index (χ2v) is 3.99. The first kappa shape index (κ1) is 10.6. The highest BCUT2D eigenvalue weighted by Crippen LogP contribution is 2.06. The largest absolute Gasteiger partial charge is 0.399 e. The molecular formula is C10H10N4OS. The van der Waals surface area contributed by atoms with Gasteiger partial charge in [0.25, 0.3) is 5.91 Å². The highest BCUT2D eigenvalue weighted by Gasteiger charge is 2.07. The van der Waals surface area contributed by atoms with Crippen molar-refractivity contribution in [2.75, 3.05) is 5.73 Å². The van der Waals surface area contributed by atoms with Crippen molar-refractivity contribution >= 4 is 23.1 Å². The van der Waals surface area contributed by atoms with Gasteiger partial charge in [-0.3, -0.25) is 4.79 Å². The first-order valence-electron chi connectivity index (χ1n) is 4.65. The van der Waals surface area contributed by atoms with Gasteiger partial charge in [-0.1, -0.05) is 16.6 Å². The molecule has 3 N–H and O–H groups in total. The molecule has 0 atom stereocenters. The molecule has 0 aliphatic heterocycles. The Morgan fingerprint density at radius 3 is 2.75 bits per heavy atom. The Balaban J connectivity index is 1.93. The van der Waals surface area contributed by atoms with Crippen LogP contribution in [-0.2, 0) is 6.54 Å². The second-order valence-electron chi connectivity index (χ2n) is 3.21. The van der Waals surface area contributed by atoms with Crippen LogP contribution in [0.5, 0.6) is 0 Å². The summed E-state index contributed by atoms with van der Waals surface area (Å²) < 4.78 is 3.62. The highest BCUT2D eigenvalue weighted by atomic mass is 32.1. The summed E-state index contributed by atoms with van der Waals surface area (Å²) in [6.45, 7) is 0.469. The van der Waals surface area contributed by atoms with Gasteiger partial charge in [0.1, 0.15) is 4.88 Å². The van der Waals surface area contributed by atoms with Gasteiger partial charge in [0.15, 0.2) is 0 Å². The van der Waals surface area contributed by atoms with Crippen LogP contribution >= 0.6 is 11.5 Å². The van der Waals surface area contributed by atoms with E-state index in [1.807, 2.05) is 12.1 Å². The van der Waals surface area contributed by atoms with Gasteiger partial charge in [0.2, 0.25) is 0 Å². The Morgan fingerprint density at radius 2 is 2.12 bits per heavy atom. The maximum absolute atomic E-state index is 11.5. The van der Waals surface area contributed by atoms with Crippen LogP contribution in [0.15, 0.2) is 30.5 Å².